The number of aryl methyl sites for hydroxylation is 2. The Labute approximate surface area is 153 Å². The fourth-order valence-electron chi connectivity index (χ4n) is 2.72. The topological polar surface area (TPSA) is 43.4 Å². The molecule has 0 saturated carbocycles. The van der Waals surface area contributed by atoms with Gasteiger partial charge >= 0.3 is 0 Å². The first-order valence-corrected chi connectivity index (χ1v) is 8.47. The molecule has 0 aliphatic rings. The van der Waals surface area contributed by atoms with E-state index in [1.807, 2.05) is 50.2 Å². The Morgan fingerprint density at radius 1 is 0.808 bits per heavy atom. The van der Waals surface area contributed by atoms with Gasteiger partial charge in [-0.05, 0) is 49.7 Å². The molecule has 0 amide bonds. The second-order valence-corrected chi connectivity index (χ2v) is 6.25. The molecule has 3 nitrogen and oxygen atoms in total. The molecule has 0 heterocycles. The van der Waals surface area contributed by atoms with Crippen molar-refractivity contribution in [2.75, 3.05) is 6.61 Å². The monoisotopic (exact) mass is 344 g/mol. The zero-order valence-electron chi connectivity index (χ0n) is 14.9. The molecule has 0 fully saturated rings. The van der Waals surface area contributed by atoms with Crippen LogP contribution in [0.5, 0.6) is 5.75 Å². The lowest BCUT2D eigenvalue weighted by atomic mass is 10.0. The molecule has 0 N–H and O–H groups in total. The minimum Gasteiger partial charge on any atom is -0.485 e. The Bertz CT molecular complexity index is 925. The van der Waals surface area contributed by atoms with E-state index < -0.39 is 0 Å². The van der Waals surface area contributed by atoms with E-state index in [1.54, 1.807) is 36.4 Å². The van der Waals surface area contributed by atoms with Crippen LogP contribution >= 0.6 is 0 Å². The number of rotatable bonds is 6. The summed E-state index contributed by atoms with van der Waals surface area (Å²) in [5.41, 5.74) is 3.90. The maximum atomic E-state index is 12.4. The van der Waals surface area contributed by atoms with Gasteiger partial charge in [0.25, 0.3) is 0 Å². The molecule has 130 valence electrons. The van der Waals surface area contributed by atoms with Gasteiger partial charge in [0.2, 0.25) is 0 Å². The Balaban J connectivity index is 1.65. The fraction of sp³-hybridized carbons (Fsp3) is 0.130. The Kier molecular flexibility index (Phi) is 5.28. The van der Waals surface area contributed by atoms with Crippen molar-refractivity contribution < 1.29 is 14.3 Å². The molecular weight excluding hydrogens is 324 g/mol. The smallest absolute Gasteiger partial charge is 0.200 e. The molecule has 0 bridgehead atoms. The molecule has 0 aliphatic heterocycles. The van der Waals surface area contributed by atoms with Gasteiger partial charge in [-0.15, -0.1) is 0 Å². The van der Waals surface area contributed by atoms with Gasteiger partial charge in [-0.2, -0.15) is 0 Å². The van der Waals surface area contributed by atoms with Gasteiger partial charge in [-0.1, -0.05) is 48.0 Å². The minimum atomic E-state index is -0.0596. The van der Waals surface area contributed by atoms with Crippen molar-refractivity contribution in [3.05, 3.63) is 101 Å². The van der Waals surface area contributed by atoms with Crippen LogP contribution in [-0.2, 0) is 0 Å². The first-order valence-electron chi connectivity index (χ1n) is 8.47. The van der Waals surface area contributed by atoms with E-state index in [2.05, 4.69) is 0 Å². The van der Waals surface area contributed by atoms with Gasteiger partial charge in [0.1, 0.15) is 5.75 Å². The van der Waals surface area contributed by atoms with Crippen LogP contribution in [0.3, 0.4) is 0 Å². The number of carbonyl (C=O) groups is 2. The zero-order chi connectivity index (χ0) is 18.5. The van der Waals surface area contributed by atoms with E-state index in [0.717, 1.165) is 11.1 Å². The third kappa shape index (κ3) is 4.06. The van der Waals surface area contributed by atoms with Crippen molar-refractivity contribution in [1.82, 2.24) is 0 Å². The van der Waals surface area contributed by atoms with E-state index >= 15 is 0 Å². The highest BCUT2D eigenvalue weighted by Crippen LogP contribution is 2.17. The van der Waals surface area contributed by atoms with Crippen molar-refractivity contribution in [3.63, 3.8) is 0 Å². The molecule has 3 rings (SSSR count). The van der Waals surface area contributed by atoms with Gasteiger partial charge in [-0.25, -0.2) is 0 Å². The van der Waals surface area contributed by atoms with Crippen molar-refractivity contribution >= 4 is 11.6 Å². The second-order valence-electron chi connectivity index (χ2n) is 6.25. The van der Waals surface area contributed by atoms with E-state index in [-0.39, 0.29) is 18.2 Å². The molecule has 0 atom stereocenters. The fourth-order valence-corrected chi connectivity index (χ4v) is 2.72. The second kappa shape index (κ2) is 7.79. The van der Waals surface area contributed by atoms with Crippen LogP contribution in [0.2, 0.25) is 0 Å². The van der Waals surface area contributed by atoms with Crippen LogP contribution in [0, 0.1) is 13.8 Å². The maximum Gasteiger partial charge on any atom is 0.200 e. The summed E-state index contributed by atoms with van der Waals surface area (Å²) in [4.78, 5) is 24.8. The van der Waals surface area contributed by atoms with Gasteiger partial charge in [0.15, 0.2) is 18.2 Å². The van der Waals surface area contributed by atoms with Gasteiger partial charge in [0.05, 0.1) is 0 Å². The highest BCUT2D eigenvalue weighted by molar-refractivity contribution is 6.09. The van der Waals surface area contributed by atoms with Crippen molar-refractivity contribution in [1.29, 1.82) is 0 Å². The molecule has 0 spiro atoms. The highest BCUT2D eigenvalue weighted by atomic mass is 16.5. The van der Waals surface area contributed by atoms with Crippen molar-refractivity contribution in [2.24, 2.45) is 0 Å². The minimum absolute atomic E-state index is 0.0315. The predicted molar refractivity (Wildman–Crippen MR) is 102 cm³/mol. The van der Waals surface area contributed by atoms with Crippen molar-refractivity contribution in [2.45, 2.75) is 13.8 Å². The van der Waals surface area contributed by atoms with Crippen molar-refractivity contribution in [3.8, 4) is 5.75 Å². The van der Waals surface area contributed by atoms with Crippen LogP contribution in [-0.4, -0.2) is 18.2 Å². The maximum absolute atomic E-state index is 12.4. The lowest BCUT2D eigenvalue weighted by Crippen LogP contribution is -2.13. The largest absolute Gasteiger partial charge is 0.485 e. The number of ether oxygens (including phenoxy) is 1. The van der Waals surface area contributed by atoms with E-state index in [9.17, 15) is 9.59 Å². The number of carbonyl (C=O) groups excluding carboxylic acids is 2. The summed E-state index contributed by atoms with van der Waals surface area (Å²) in [5.74, 6) is 0.465. The van der Waals surface area contributed by atoms with Gasteiger partial charge < -0.3 is 4.74 Å². The van der Waals surface area contributed by atoms with E-state index in [0.29, 0.717) is 22.4 Å². The Hall–Kier alpha value is -3.20. The average molecular weight is 344 g/mol. The molecule has 0 aromatic heterocycles. The summed E-state index contributed by atoms with van der Waals surface area (Å²) in [5, 5.41) is 0. The van der Waals surface area contributed by atoms with Crippen LogP contribution in [0.4, 0.5) is 0 Å². The molecule has 0 saturated heterocycles. The summed E-state index contributed by atoms with van der Waals surface area (Å²) < 4.78 is 5.60. The van der Waals surface area contributed by atoms with Gasteiger partial charge in [-0.3, -0.25) is 9.59 Å². The molecule has 0 aliphatic carbocycles. The molecule has 0 unspecified atom stereocenters. The normalized spacial score (nSPS) is 10.4. The summed E-state index contributed by atoms with van der Waals surface area (Å²) in [7, 11) is 0. The van der Waals surface area contributed by atoms with Crippen LogP contribution in [0.25, 0.3) is 0 Å². The third-order valence-electron chi connectivity index (χ3n) is 4.22. The third-order valence-corrected chi connectivity index (χ3v) is 4.22. The lowest BCUT2D eigenvalue weighted by molar-refractivity contribution is 0.0920. The predicted octanol–water partition coefficient (Wildman–Crippen LogP) is 4.80. The SMILES string of the molecule is Cc1ccc(C)c(C(=O)COc2ccc(C(=O)c3ccccc3)cc2)c1. The molecular formula is C23H20O3. The number of benzene rings is 3. The Morgan fingerprint density at radius 3 is 2.15 bits per heavy atom. The van der Waals surface area contributed by atoms with Crippen LogP contribution < -0.4 is 4.74 Å². The summed E-state index contributed by atoms with van der Waals surface area (Å²) in [6.45, 7) is 3.84. The lowest BCUT2D eigenvalue weighted by Gasteiger charge is -2.09. The Morgan fingerprint density at radius 2 is 1.46 bits per heavy atom. The molecule has 0 radical (unpaired) electrons. The number of Topliss-reactive ketones (excluding diaryl/α,β-unsaturated/α-hetero) is 1. The first-order chi connectivity index (χ1) is 12.5. The van der Waals surface area contributed by atoms with Crippen LogP contribution in [0.1, 0.15) is 37.4 Å². The van der Waals surface area contributed by atoms with Crippen LogP contribution in [0.15, 0.2) is 72.8 Å². The molecule has 3 aromatic rings. The molecule has 3 heteroatoms. The van der Waals surface area contributed by atoms with E-state index in [4.69, 9.17) is 4.74 Å². The quantitative estimate of drug-likeness (QED) is 0.604. The van der Waals surface area contributed by atoms with E-state index in [1.165, 1.54) is 0 Å². The summed E-state index contributed by atoms with van der Waals surface area (Å²) in [6, 6.07) is 21.8. The summed E-state index contributed by atoms with van der Waals surface area (Å²) >= 11 is 0. The zero-order valence-corrected chi connectivity index (χ0v) is 14.9. The average Bonchev–Trinajstić information content (AvgIpc) is 2.68. The first kappa shape index (κ1) is 17.6. The number of hydrogen-bond donors (Lipinski definition) is 0. The number of ketones is 2. The summed E-state index contributed by atoms with van der Waals surface area (Å²) in [6.07, 6.45) is 0. The number of hydrogen-bond acceptors (Lipinski definition) is 3. The standard InChI is InChI=1S/C23H20O3/c1-16-8-9-17(2)21(14-16)22(24)15-26-20-12-10-19(11-13-20)23(25)18-6-4-3-5-7-18/h3-14H,15H2,1-2H3. The molecule has 3 aromatic carbocycles. The highest BCUT2D eigenvalue weighted by Gasteiger charge is 2.11. The molecule has 26 heavy (non-hydrogen) atoms. The van der Waals surface area contributed by atoms with Gasteiger partial charge in [0, 0.05) is 16.7 Å².